The maximum absolute atomic E-state index is 11.5. The molecule has 1 aromatic heterocycles. The van der Waals surface area contributed by atoms with Crippen LogP contribution in [-0.2, 0) is 0 Å². The highest BCUT2D eigenvalue weighted by Gasteiger charge is 2.21. The first-order valence-electron chi connectivity index (χ1n) is 4.12. The molecule has 0 saturated heterocycles. The number of hydrogen-bond donors (Lipinski definition) is 0. The van der Waals surface area contributed by atoms with Crippen molar-refractivity contribution >= 4 is 5.78 Å². The maximum atomic E-state index is 11.5. The molecule has 0 radical (unpaired) electrons. The van der Waals surface area contributed by atoms with Gasteiger partial charge in [0.2, 0.25) is 11.5 Å². The Bertz CT molecular complexity index is 315. The average Bonchev–Trinajstić information content (AvgIpc) is 2.45. The van der Waals surface area contributed by atoms with Crippen molar-refractivity contribution < 1.29 is 14.1 Å². The van der Waals surface area contributed by atoms with Crippen LogP contribution in [0.1, 0.15) is 30.0 Å². The van der Waals surface area contributed by atoms with Gasteiger partial charge in [-0.15, -0.1) is 0 Å². The Kier molecular flexibility index (Phi) is 2.70. The summed E-state index contributed by atoms with van der Waals surface area (Å²) in [5.74, 6) is 0.542. The van der Waals surface area contributed by atoms with E-state index < -0.39 is 0 Å². The number of hydrogen-bond acceptors (Lipinski definition) is 4. The molecule has 0 unspecified atom stereocenters. The minimum absolute atomic E-state index is 0.0479. The Morgan fingerprint density at radius 3 is 2.54 bits per heavy atom. The normalized spacial score (nSPS) is 10.5. The molecule has 0 spiro atoms. The summed E-state index contributed by atoms with van der Waals surface area (Å²) in [4.78, 5) is 11.5. The third kappa shape index (κ3) is 1.71. The number of methoxy groups -OCH3 is 1. The number of rotatable bonds is 3. The molecule has 13 heavy (non-hydrogen) atoms. The van der Waals surface area contributed by atoms with Crippen molar-refractivity contribution in [2.75, 3.05) is 7.11 Å². The molecular weight excluding hydrogens is 170 g/mol. The molecule has 0 aliphatic heterocycles. The van der Waals surface area contributed by atoms with E-state index in [1.165, 1.54) is 7.11 Å². The van der Waals surface area contributed by atoms with Crippen LogP contribution in [0, 0.1) is 12.8 Å². The third-order valence-corrected chi connectivity index (χ3v) is 1.82. The van der Waals surface area contributed by atoms with E-state index in [2.05, 4.69) is 5.16 Å². The lowest BCUT2D eigenvalue weighted by atomic mass is 10.0. The predicted octanol–water partition coefficient (Wildman–Crippen LogP) is 1.83. The molecule has 1 aromatic rings. The van der Waals surface area contributed by atoms with Crippen LogP contribution in [0.2, 0.25) is 0 Å². The molecule has 72 valence electrons. The van der Waals surface area contributed by atoms with Gasteiger partial charge in [0.25, 0.3) is 5.88 Å². The summed E-state index contributed by atoms with van der Waals surface area (Å²) in [5.41, 5.74) is 0.668. The van der Waals surface area contributed by atoms with Crippen LogP contribution < -0.4 is 4.74 Å². The number of ether oxygens (including phenoxy) is 1. The van der Waals surface area contributed by atoms with Crippen LogP contribution in [-0.4, -0.2) is 18.0 Å². The van der Waals surface area contributed by atoms with Gasteiger partial charge in [-0.3, -0.25) is 4.79 Å². The van der Waals surface area contributed by atoms with Gasteiger partial charge in [0.1, 0.15) is 0 Å². The van der Waals surface area contributed by atoms with Gasteiger partial charge in [-0.25, -0.2) is 0 Å². The number of carbonyl (C=O) groups excluding carboxylic acids is 1. The van der Waals surface area contributed by atoms with Crippen molar-refractivity contribution in [3.63, 3.8) is 0 Å². The fourth-order valence-electron chi connectivity index (χ4n) is 1.00. The zero-order valence-electron chi connectivity index (χ0n) is 8.25. The van der Waals surface area contributed by atoms with Gasteiger partial charge >= 0.3 is 0 Å². The van der Waals surface area contributed by atoms with E-state index >= 15 is 0 Å². The second kappa shape index (κ2) is 3.60. The second-order valence-corrected chi connectivity index (χ2v) is 3.16. The predicted molar refractivity (Wildman–Crippen MR) is 47.0 cm³/mol. The van der Waals surface area contributed by atoms with Gasteiger partial charge in [0.05, 0.1) is 12.7 Å². The van der Waals surface area contributed by atoms with Crippen LogP contribution >= 0.6 is 0 Å². The van der Waals surface area contributed by atoms with Gasteiger partial charge in [-0.1, -0.05) is 13.8 Å². The van der Waals surface area contributed by atoms with Crippen LogP contribution in [0.25, 0.3) is 0 Å². The van der Waals surface area contributed by atoms with E-state index in [0.29, 0.717) is 17.2 Å². The number of carbonyl (C=O) groups is 1. The van der Waals surface area contributed by atoms with E-state index in [1.54, 1.807) is 6.92 Å². The van der Waals surface area contributed by atoms with Gasteiger partial charge in [0.15, 0.2) is 0 Å². The monoisotopic (exact) mass is 183 g/mol. The topological polar surface area (TPSA) is 52.3 Å². The molecule has 0 bridgehead atoms. The molecule has 4 heteroatoms. The first-order valence-corrected chi connectivity index (χ1v) is 4.12. The van der Waals surface area contributed by atoms with Crippen molar-refractivity contribution in [1.82, 2.24) is 5.16 Å². The van der Waals surface area contributed by atoms with Crippen molar-refractivity contribution in [3.8, 4) is 5.88 Å². The Hall–Kier alpha value is -1.32. The van der Waals surface area contributed by atoms with E-state index in [9.17, 15) is 4.79 Å². The molecule has 1 heterocycles. The Morgan fingerprint density at radius 2 is 2.15 bits per heavy atom. The molecule has 0 N–H and O–H groups in total. The number of nitrogens with zero attached hydrogens (tertiary/aromatic N) is 1. The van der Waals surface area contributed by atoms with Crippen LogP contribution in [0.4, 0.5) is 0 Å². The third-order valence-electron chi connectivity index (χ3n) is 1.82. The zero-order chi connectivity index (χ0) is 10.0. The first kappa shape index (κ1) is 9.77. The SMILES string of the molecule is COc1noc(C(=O)C(C)C)c1C. The lowest BCUT2D eigenvalue weighted by Gasteiger charge is -1.99. The molecule has 0 aliphatic rings. The van der Waals surface area contributed by atoms with Gasteiger partial charge in [0, 0.05) is 5.92 Å². The van der Waals surface area contributed by atoms with E-state index in [-0.39, 0.29) is 11.7 Å². The first-order chi connectivity index (χ1) is 6.07. The lowest BCUT2D eigenvalue weighted by Crippen LogP contribution is -2.07. The molecule has 1 rings (SSSR count). The molecule has 0 amide bonds. The van der Waals surface area contributed by atoms with E-state index in [4.69, 9.17) is 9.26 Å². The summed E-state index contributed by atoms with van der Waals surface area (Å²) in [6, 6.07) is 0. The molecule has 0 saturated carbocycles. The van der Waals surface area contributed by atoms with Gasteiger partial charge < -0.3 is 9.26 Å². The zero-order valence-corrected chi connectivity index (χ0v) is 8.25. The number of ketones is 1. The van der Waals surface area contributed by atoms with Crippen LogP contribution in [0.5, 0.6) is 5.88 Å². The summed E-state index contributed by atoms with van der Waals surface area (Å²) in [6.45, 7) is 5.39. The van der Waals surface area contributed by atoms with Crippen molar-refractivity contribution in [2.45, 2.75) is 20.8 Å². The molecule has 4 nitrogen and oxygen atoms in total. The second-order valence-electron chi connectivity index (χ2n) is 3.16. The van der Waals surface area contributed by atoms with E-state index in [0.717, 1.165) is 0 Å². The highest BCUT2D eigenvalue weighted by atomic mass is 16.5. The fraction of sp³-hybridized carbons (Fsp3) is 0.556. The number of aromatic nitrogens is 1. The minimum Gasteiger partial charge on any atom is -0.479 e. The van der Waals surface area contributed by atoms with Gasteiger partial charge in [-0.2, -0.15) is 0 Å². The summed E-state index contributed by atoms with van der Waals surface area (Å²) in [6.07, 6.45) is 0. The quantitative estimate of drug-likeness (QED) is 0.671. The largest absolute Gasteiger partial charge is 0.479 e. The summed E-state index contributed by atoms with van der Waals surface area (Å²) in [5, 5.41) is 3.62. The molecule has 0 aromatic carbocycles. The van der Waals surface area contributed by atoms with Crippen LogP contribution in [0.15, 0.2) is 4.52 Å². The lowest BCUT2D eigenvalue weighted by molar-refractivity contribution is 0.0901. The van der Waals surface area contributed by atoms with Gasteiger partial charge in [-0.05, 0) is 12.1 Å². The van der Waals surface area contributed by atoms with Crippen molar-refractivity contribution in [2.24, 2.45) is 5.92 Å². The smallest absolute Gasteiger partial charge is 0.257 e. The Labute approximate surface area is 76.9 Å². The summed E-state index contributed by atoms with van der Waals surface area (Å²) >= 11 is 0. The fourth-order valence-corrected chi connectivity index (χ4v) is 1.00. The van der Waals surface area contributed by atoms with E-state index in [1.807, 2.05) is 13.8 Å². The highest BCUT2D eigenvalue weighted by molar-refractivity contribution is 5.96. The molecule has 0 fully saturated rings. The standard InChI is InChI=1S/C9H13NO3/c1-5(2)7(11)8-6(3)9(12-4)10-13-8/h5H,1-4H3. The molecule has 0 aliphatic carbocycles. The minimum atomic E-state index is -0.0867. The van der Waals surface area contributed by atoms with Crippen LogP contribution in [0.3, 0.4) is 0 Å². The van der Waals surface area contributed by atoms with Crippen molar-refractivity contribution in [1.29, 1.82) is 0 Å². The Balaban J connectivity index is 3.02. The highest BCUT2D eigenvalue weighted by Crippen LogP contribution is 2.21. The summed E-state index contributed by atoms with van der Waals surface area (Å²) in [7, 11) is 1.49. The number of Topliss-reactive ketones (excluding diaryl/α,β-unsaturated/α-hetero) is 1. The Morgan fingerprint density at radius 1 is 1.54 bits per heavy atom. The van der Waals surface area contributed by atoms with Crippen molar-refractivity contribution in [3.05, 3.63) is 11.3 Å². The molecular formula is C9H13NO3. The average molecular weight is 183 g/mol. The maximum Gasteiger partial charge on any atom is 0.257 e. The summed E-state index contributed by atoms with van der Waals surface area (Å²) < 4.78 is 9.78. The molecule has 0 atom stereocenters.